The normalized spacial score (nSPS) is 12.0. The molecular formula is C21H22ClN3O4. The van der Waals surface area contributed by atoms with E-state index in [1.54, 1.807) is 54.3 Å². The third-order valence-corrected chi connectivity index (χ3v) is 5.12. The molecule has 0 aliphatic carbocycles. The number of aromatic amines is 1. The highest BCUT2D eigenvalue weighted by Gasteiger charge is 2.26. The van der Waals surface area contributed by atoms with Crippen molar-refractivity contribution in [2.45, 2.75) is 32.2 Å². The molecule has 0 unspecified atom stereocenters. The summed E-state index contributed by atoms with van der Waals surface area (Å²) >= 11 is 6.12. The van der Waals surface area contributed by atoms with Crippen LogP contribution in [0.15, 0.2) is 47.7 Å². The van der Waals surface area contributed by atoms with Crippen molar-refractivity contribution in [2.75, 3.05) is 7.11 Å². The van der Waals surface area contributed by atoms with Crippen molar-refractivity contribution < 1.29 is 14.6 Å². The maximum atomic E-state index is 13.3. The molecule has 2 N–H and O–H groups in total. The van der Waals surface area contributed by atoms with Crippen LogP contribution in [-0.2, 0) is 22.5 Å². The number of H-pyrrole nitrogens is 1. The molecule has 0 amide bonds. The number of hydrogen-bond donors (Lipinski definition) is 2. The van der Waals surface area contributed by atoms with Crippen molar-refractivity contribution in [3.05, 3.63) is 80.7 Å². The van der Waals surface area contributed by atoms with Crippen LogP contribution in [0.25, 0.3) is 0 Å². The van der Waals surface area contributed by atoms with Crippen LogP contribution in [0.3, 0.4) is 0 Å². The number of carbonyl (C=O) groups is 1. The Balaban J connectivity index is 2.07. The lowest BCUT2D eigenvalue weighted by molar-refractivity contribution is -0.140. The topological polar surface area (TPSA) is 97.2 Å². The van der Waals surface area contributed by atoms with Gasteiger partial charge in [0.1, 0.15) is 5.75 Å². The number of esters is 1. The van der Waals surface area contributed by atoms with E-state index in [9.17, 15) is 14.7 Å². The number of aromatic nitrogens is 3. The van der Waals surface area contributed by atoms with Gasteiger partial charge in [0, 0.05) is 41.5 Å². The zero-order chi connectivity index (χ0) is 21.0. The molecule has 0 bridgehead atoms. The Kier molecular flexibility index (Phi) is 6.39. The van der Waals surface area contributed by atoms with E-state index in [4.69, 9.17) is 16.3 Å². The Morgan fingerprint density at radius 1 is 1.38 bits per heavy atom. The molecule has 2 aromatic heterocycles. The van der Waals surface area contributed by atoms with Gasteiger partial charge in [0.2, 0.25) is 0 Å². The van der Waals surface area contributed by atoms with Gasteiger partial charge in [-0.3, -0.25) is 9.59 Å². The third kappa shape index (κ3) is 4.68. The van der Waals surface area contributed by atoms with Crippen molar-refractivity contribution in [3.8, 4) is 5.75 Å². The molecule has 152 valence electrons. The Hall–Kier alpha value is -3.06. The lowest BCUT2D eigenvalue weighted by Gasteiger charge is -2.20. The average Bonchev–Trinajstić information content (AvgIpc) is 3.20. The molecule has 3 aromatic rings. The minimum Gasteiger partial charge on any atom is -0.507 e. The molecule has 1 aromatic carbocycles. The fourth-order valence-corrected chi connectivity index (χ4v) is 3.59. The number of benzene rings is 1. The van der Waals surface area contributed by atoms with Crippen molar-refractivity contribution in [3.63, 3.8) is 0 Å². The predicted octanol–water partition coefficient (Wildman–Crippen LogP) is 3.18. The molecule has 0 saturated carbocycles. The first-order valence-electron chi connectivity index (χ1n) is 9.13. The highest BCUT2D eigenvalue weighted by Crippen LogP contribution is 2.33. The molecule has 0 spiro atoms. The van der Waals surface area contributed by atoms with E-state index in [2.05, 4.69) is 9.97 Å². The van der Waals surface area contributed by atoms with Crippen LogP contribution >= 0.6 is 11.6 Å². The minimum atomic E-state index is -0.687. The largest absolute Gasteiger partial charge is 0.507 e. The summed E-state index contributed by atoms with van der Waals surface area (Å²) < 4.78 is 6.40. The first-order chi connectivity index (χ1) is 13.9. The Morgan fingerprint density at radius 2 is 2.17 bits per heavy atom. The van der Waals surface area contributed by atoms with Crippen LogP contribution in [0.1, 0.15) is 34.9 Å². The average molecular weight is 416 g/mol. The van der Waals surface area contributed by atoms with Crippen molar-refractivity contribution in [1.82, 2.24) is 14.5 Å². The fraction of sp³-hybridized carbons (Fsp3) is 0.286. The number of rotatable bonds is 7. The number of pyridine rings is 1. The number of nitrogens with one attached hydrogen (secondary N) is 1. The van der Waals surface area contributed by atoms with Gasteiger partial charge < -0.3 is 19.4 Å². The summed E-state index contributed by atoms with van der Waals surface area (Å²) in [5, 5.41) is 11.1. The van der Waals surface area contributed by atoms with Gasteiger partial charge in [-0.25, -0.2) is 4.98 Å². The maximum Gasteiger partial charge on any atom is 0.306 e. The summed E-state index contributed by atoms with van der Waals surface area (Å²) in [7, 11) is 1.29. The number of aryl methyl sites for hydroxylation is 2. The van der Waals surface area contributed by atoms with Crippen molar-refractivity contribution in [2.24, 2.45) is 0 Å². The summed E-state index contributed by atoms with van der Waals surface area (Å²) in [4.78, 5) is 32.4. The monoisotopic (exact) mass is 415 g/mol. The van der Waals surface area contributed by atoms with E-state index in [1.807, 2.05) is 0 Å². The molecule has 29 heavy (non-hydrogen) atoms. The first-order valence-corrected chi connectivity index (χ1v) is 9.51. The fourth-order valence-electron chi connectivity index (χ4n) is 3.39. The number of carbonyl (C=O) groups excluding carboxylic acids is 1. The van der Waals surface area contributed by atoms with Gasteiger partial charge in [-0.2, -0.15) is 0 Å². The summed E-state index contributed by atoms with van der Waals surface area (Å²) in [6, 6.07) is 8.44. The summed E-state index contributed by atoms with van der Waals surface area (Å²) in [6.07, 6.45) is 3.76. The number of nitrogens with zero attached hydrogens (tertiary/aromatic N) is 2. The van der Waals surface area contributed by atoms with Crippen LogP contribution in [0.4, 0.5) is 0 Å². The van der Waals surface area contributed by atoms with Crippen molar-refractivity contribution in [1.29, 1.82) is 0 Å². The zero-order valence-electron chi connectivity index (χ0n) is 16.2. The predicted molar refractivity (Wildman–Crippen MR) is 109 cm³/mol. The van der Waals surface area contributed by atoms with Crippen LogP contribution in [-0.4, -0.2) is 32.7 Å². The smallest absolute Gasteiger partial charge is 0.306 e. The van der Waals surface area contributed by atoms with Gasteiger partial charge in [-0.05, 0) is 30.7 Å². The standard InChI is InChI=1S/C21H22ClN3O4/c1-13-8-18(26)20(21(28)25(13)7-6-16-11-23-12-24-16)17(10-19(27)29-2)14-4-3-5-15(22)9-14/h3-5,8-9,11-12,17,26H,6-7,10H2,1-2H3,(H,23,24)/t17-/m0/s1. The van der Waals surface area contributed by atoms with Gasteiger partial charge >= 0.3 is 5.97 Å². The molecule has 8 heteroatoms. The van der Waals surface area contributed by atoms with Crippen LogP contribution < -0.4 is 5.56 Å². The van der Waals surface area contributed by atoms with E-state index >= 15 is 0 Å². The number of ether oxygens (including phenoxy) is 1. The molecule has 3 rings (SSSR count). The molecule has 0 saturated heterocycles. The second-order valence-electron chi connectivity index (χ2n) is 6.76. The summed E-state index contributed by atoms with van der Waals surface area (Å²) in [6.45, 7) is 2.16. The number of hydrogen-bond acceptors (Lipinski definition) is 5. The van der Waals surface area contributed by atoms with Gasteiger partial charge in [-0.1, -0.05) is 23.7 Å². The van der Waals surface area contributed by atoms with Crippen LogP contribution in [0.2, 0.25) is 5.02 Å². The lowest BCUT2D eigenvalue weighted by atomic mass is 9.88. The maximum absolute atomic E-state index is 13.3. The third-order valence-electron chi connectivity index (χ3n) is 4.88. The molecule has 7 nitrogen and oxygen atoms in total. The molecule has 0 aliphatic rings. The van der Waals surface area contributed by atoms with E-state index in [1.165, 1.54) is 7.11 Å². The zero-order valence-corrected chi connectivity index (χ0v) is 16.9. The van der Waals surface area contributed by atoms with E-state index in [0.29, 0.717) is 29.2 Å². The summed E-state index contributed by atoms with van der Waals surface area (Å²) in [5.41, 5.74) is 1.97. The van der Waals surface area contributed by atoms with Gasteiger partial charge in [0.05, 0.1) is 25.4 Å². The van der Waals surface area contributed by atoms with Crippen LogP contribution in [0, 0.1) is 6.92 Å². The molecule has 1 atom stereocenters. The number of aromatic hydroxyl groups is 1. The highest BCUT2D eigenvalue weighted by molar-refractivity contribution is 6.30. The number of halogens is 1. The highest BCUT2D eigenvalue weighted by atomic mass is 35.5. The molecule has 0 radical (unpaired) electrons. The molecule has 0 aliphatic heterocycles. The lowest BCUT2D eigenvalue weighted by Crippen LogP contribution is -2.29. The van der Waals surface area contributed by atoms with Crippen LogP contribution in [0.5, 0.6) is 5.75 Å². The van der Waals surface area contributed by atoms with E-state index < -0.39 is 11.9 Å². The Labute approximate surface area is 172 Å². The van der Waals surface area contributed by atoms with Gasteiger partial charge in [0.25, 0.3) is 5.56 Å². The second-order valence-corrected chi connectivity index (χ2v) is 7.19. The molecular weight excluding hydrogens is 394 g/mol. The second kappa shape index (κ2) is 8.96. The first kappa shape index (κ1) is 20.7. The number of methoxy groups -OCH3 is 1. The minimum absolute atomic E-state index is 0.0940. The number of imidazole rings is 1. The summed E-state index contributed by atoms with van der Waals surface area (Å²) in [5.74, 6) is -1.33. The van der Waals surface area contributed by atoms with Gasteiger partial charge in [0.15, 0.2) is 0 Å². The SMILES string of the molecule is COC(=O)C[C@@H](c1cccc(Cl)c1)c1c(O)cc(C)n(CCc2cnc[nH]2)c1=O. The van der Waals surface area contributed by atoms with Gasteiger partial charge in [-0.15, -0.1) is 0 Å². The Morgan fingerprint density at radius 3 is 2.83 bits per heavy atom. The Bertz CT molecular complexity index is 1060. The molecule has 0 fully saturated rings. The van der Waals surface area contributed by atoms with E-state index in [0.717, 1.165) is 5.69 Å². The van der Waals surface area contributed by atoms with Crippen molar-refractivity contribution >= 4 is 17.6 Å². The quantitative estimate of drug-likeness (QED) is 0.577. The van der Waals surface area contributed by atoms with E-state index in [-0.39, 0.29) is 23.3 Å². The molecule has 2 heterocycles.